The number of ether oxygens (including phenoxy) is 1. The van der Waals surface area contributed by atoms with Crippen LogP contribution in [0.4, 0.5) is 0 Å². The average molecular weight is 337 g/mol. The molecule has 0 aromatic heterocycles. The van der Waals surface area contributed by atoms with Crippen molar-refractivity contribution in [2.75, 3.05) is 21.2 Å². The van der Waals surface area contributed by atoms with E-state index in [2.05, 4.69) is 20.7 Å². The Balaban J connectivity index is 0.000000561. The highest BCUT2D eigenvalue weighted by Crippen LogP contribution is 2.04. The second kappa shape index (κ2) is 12.1. The van der Waals surface area contributed by atoms with Gasteiger partial charge in [0, 0.05) is 20.4 Å². The Morgan fingerprint density at radius 1 is 1.12 bits per heavy atom. The van der Waals surface area contributed by atoms with Gasteiger partial charge in [-0.2, -0.15) is 0 Å². The third kappa shape index (κ3) is 8.89. The highest BCUT2D eigenvalue weighted by molar-refractivity contribution is 5.83. The number of nitrogens with one attached hydrogen (secondary N) is 3. The molecule has 0 aliphatic rings. The van der Waals surface area contributed by atoms with Crippen molar-refractivity contribution < 1.29 is 19.1 Å². The second-order valence-corrected chi connectivity index (χ2v) is 5.09. The Bertz CT molecular complexity index is 520. The molecule has 7 heteroatoms. The van der Waals surface area contributed by atoms with Crippen molar-refractivity contribution in [2.24, 2.45) is 0 Å². The van der Waals surface area contributed by atoms with Crippen LogP contribution >= 0.6 is 0 Å². The number of carbonyl (C=O) groups is 3. The molecule has 1 aromatic carbocycles. The molecule has 0 spiro atoms. The molecule has 2 atom stereocenters. The van der Waals surface area contributed by atoms with E-state index in [1.54, 1.807) is 21.0 Å². The zero-order valence-corrected chi connectivity index (χ0v) is 14.9. The zero-order valence-electron chi connectivity index (χ0n) is 14.9. The lowest BCUT2D eigenvalue weighted by atomic mass is 10.1. The third-order valence-electron chi connectivity index (χ3n) is 3.22. The molecule has 1 aromatic rings. The maximum absolute atomic E-state index is 11.4. The Morgan fingerprint density at radius 3 is 2.08 bits per heavy atom. The lowest BCUT2D eigenvalue weighted by molar-refractivity contribution is -0.144. The topological polar surface area (TPSA) is 96.5 Å². The van der Waals surface area contributed by atoms with Crippen LogP contribution in [0.2, 0.25) is 0 Å². The van der Waals surface area contributed by atoms with Crippen molar-refractivity contribution in [2.45, 2.75) is 32.4 Å². The predicted octanol–water partition coefficient (Wildman–Crippen LogP) is 0.247. The predicted molar refractivity (Wildman–Crippen MR) is 92.4 cm³/mol. The smallest absolute Gasteiger partial charge is 0.328 e. The summed E-state index contributed by atoms with van der Waals surface area (Å²) in [7, 11) is 4.68. The van der Waals surface area contributed by atoms with Crippen LogP contribution in [-0.2, 0) is 25.5 Å². The van der Waals surface area contributed by atoms with E-state index in [0.717, 1.165) is 5.56 Å². The van der Waals surface area contributed by atoms with Gasteiger partial charge in [0.25, 0.3) is 0 Å². The largest absolute Gasteiger partial charge is 0.467 e. The summed E-state index contributed by atoms with van der Waals surface area (Å²) in [6.45, 7) is 3.18. The summed E-state index contributed by atoms with van der Waals surface area (Å²) in [6, 6.07) is 8.77. The van der Waals surface area contributed by atoms with Crippen molar-refractivity contribution >= 4 is 17.8 Å². The average Bonchev–Trinajstić information content (AvgIpc) is 2.60. The molecule has 0 radical (unpaired) electrons. The van der Waals surface area contributed by atoms with Crippen molar-refractivity contribution in [3.63, 3.8) is 0 Å². The molecule has 1 rings (SSSR count). The number of hydrogen-bond donors (Lipinski definition) is 3. The Morgan fingerprint density at radius 2 is 1.71 bits per heavy atom. The van der Waals surface area contributed by atoms with Gasteiger partial charge in [0.1, 0.15) is 6.04 Å². The molecule has 2 unspecified atom stereocenters. The van der Waals surface area contributed by atoms with E-state index in [0.29, 0.717) is 6.42 Å². The Labute approximate surface area is 143 Å². The maximum Gasteiger partial charge on any atom is 0.328 e. The summed E-state index contributed by atoms with van der Waals surface area (Å²) in [5.41, 5.74) is 0.978. The van der Waals surface area contributed by atoms with E-state index < -0.39 is 12.0 Å². The third-order valence-corrected chi connectivity index (χ3v) is 3.22. The monoisotopic (exact) mass is 337 g/mol. The molecule has 0 bridgehead atoms. The number of hydrogen-bond acceptors (Lipinski definition) is 5. The number of carbonyl (C=O) groups excluding carboxylic acids is 3. The maximum atomic E-state index is 11.4. The minimum atomic E-state index is -0.620. The van der Waals surface area contributed by atoms with E-state index in [1.165, 1.54) is 14.0 Å². The van der Waals surface area contributed by atoms with E-state index in [-0.39, 0.29) is 17.9 Å². The molecule has 134 valence electrons. The fourth-order valence-electron chi connectivity index (χ4n) is 1.78. The van der Waals surface area contributed by atoms with Gasteiger partial charge in [0.05, 0.1) is 13.2 Å². The van der Waals surface area contributed by atoms with Gasteiger partial charge in [-0.05, 0) is 19.5 Å². The number of likely N-dealkylation sites (N-methyl/N-ethyl adjacent to an activating group) is 2. The van der Waals surface area contributed by atoms with Crippen molar-refractivity contribution in [3.8, 4) is 0 Å². The van der Waals surface area contributed by atoms with Crippen LogP contribution in [0.1, 0.15) is 19.4 Å². The number of esters is 1. The fraction of sp³-hybridized carbons (Fsp3) is 0.471. The summed E-state index contributed by atoms with van der Waals surface area (Å²) in [4.78, 5) is 32.9. The molecule has 7 nitrogen and oxygen atoms in total. The van der Waals surface area contributed by atoms with Gasteiger partial charge in [-0.1, -0.05) is 30.3 Å². The van der Waals surface area contributed by atoms with E-state index >= 15 is 0 Å². The molecular weight excluding hydrogens is 310 g/mol. The van der Waals surface area contributed by atoms with Gasteiger partial charge < -0.3 is 20.7 Å². The zero-order chi connectivity index (χ0) is 18.5. The number of rotatable bonds is 6. The lowest BCUT2D eigenvalue weighted by Gasteiger charge is -2.15. The normalized spacial score (nSPS) is 12.0. The minimum absolute atomic E-state index is 0.0208. The van der Waals surface area contributed by atoms with Gasteiger partial charge in [-0.25, -0.2) is 4.79 Å². The highest BCUT2D eigenvalue weighted by atomic mass is 16.5. The molecule has 0 saturated heterocycles. The summed E-state index contributed by atoms with van der Waals surface area (Å²) in [6.07, 6.45) is 0.438. The first kappa shape index (κ1) is 21.6. The van der Waals surface area contributed by atoms with E-state index in [9.17, 15) is 14.4 Å². The first-order valence-corrected chi connectivity index (χ1v) is 7.63. The molecular formula is C17H27N3O4. The summed E-state index contributed by atoms with van der Waals surface area (Å²) >= 11 is 0. The van der Waals surface area contributed by atoms with E-state index in [1.807, 2.05) is 30.3 Å². The van der Waals surface area contributed by atoms with Gasteiger partial charge in [-0.3, -0.25) is 9.59 Å². The highest BCUT2D eigenvalue weighted by Gasteiger charge is 2.20. The standard InChI is InChI=1S/C12H15NO3.C5H12N2O/c1-9(14)13-11(12(15)16-2)8-10-6-4-3-5-7-10;1-4(6-2)5(8)7-3/h3-7,11H,8H2,1-2H3,(H,13,14);4,6H,1-3H3,(H,7,8). The number of methoxy groups -OCH3 is 1. The van der Waals surface area contributed by atoms with E-state index in [4.69, 9.17) is 0 Å². The Hall–Kier alpha value is -2.41. The van der Waals surface area contributed by atoms with Crippen LogP contribution in [0.5, 0.6) is 0 Å². The van der Waals surface area contributed by atoms with Crippen LogP contribution in [0.25, 0.3) is 0 Å². The molecule has 0 aliphatic heterocycles. The SMILES string of the molecule is CNC(=O)C(C)NC.COC(=O)C(Cc1ccccc1)NC(C)=O. The van der Waals surface area contributed by atoms with Gasteiger partial charge in [0.15, 0.2) is 0 Å². The molecule has 24 heavy (non-hydrogen) atoms. The van der Waals surface area contributed by atoms with Crippen LogP contribution in [0.3, 0.4) is 0 Å². The quantitative estimate of drug-likeness (QED) is 0.647. The molecule has 0 fully saturated rings. The lowest BCUT2D eigenvalue weighted by Crippen LogP contribution is -2.41. The first-order valence-electron chi connectivity index (χ1n) is 7.63. The number of amides is 2. The molecule has 0 aliphatic carbocycles. The fourth-order valence-corrected chi connectivity index (χ4v) is 1.78. The molecule has 0 saturated carbocycles. The Kier molecular flexibility index (Phi) is 10.9. The van der Waals surface area contributed by atoms with Crippen LogP contribution in [0, 0.1) is 0 Å². The van der Waals surface area contributed by atoms with Crippen LogP contribution in [0.15, 0.2) is 30.3 Å². The van der Waals surface area contributed by atoms with Crippen LogP contribution < -0.4 is 16.0 Å². The van der Waals surface area contributed by atoms with Gasteiger partial charge in [-0.15, -0.1) is 0 Å². The summed E-state index contributed by atoms with van der Waals surface area (Å²) < 4.78 is 4.63. The van der Waals surface area contributed by atoms with Crippen LogP contribution in [-0.4, -0.2) is 51.1 Å². The number of benzene rings is 1. The molecule has 3 N–H and O–H groups in total. The van der Waals surface area contributed by atoms with Gasteiger partial charge >= 0.3 is 5.97 Å². The summed E-state index contributed by atoms with van der Waals surface area (Å²) in [5.74, 6) is -0.655. The van der Waals surface area contributed by atoms with Gasteiger partial charge in [0.2, 0.25) is 11.8 Å². The molecule has 0 heterocycles. The first-order chi connectivity index (χ1) is 11.3. The summed E-state index contributed by atoms with van der Waals surface area (Å²) in [5, 5.41) is 7.88. The van der Waals surface area contributed by atoms with Crippen molar-refractivity contribution in [1.82, 2.24) is 16.0 Å². The van der Waals surface area contributed by atoms with Crippen molar-refractivity contribution in [1.29, 1.82) is 0 Å². The minimum Gasteiger partial charge on any atom is -0.467 e. The van der Waals surface area contributed by atoms with Crippen molar-refractivity contribution in [3.05, 3.63) is 35.9 Å². The molecule has 2 amide bonds. The second-order valence-electron chi connectivity index (χ2n) is 5.09.